The molecule has 1 heterocycles. The quantitative estimate of drug-likeness (QED) is 0.893. The summed E-state index contributed by atoms with van der Waals surface area (Å²) in [5.41, 5.74) is -0.663. The molecule has 2 fully saturated rings. The second-order valence-corrected chi connectivity index (χ2v) is 6.33. The lowest BCUT2D eigenvalue weighted by molar-refractivity contribution is -0.166. The van der Waals surface area contributed by atoms with E-state index in [2.05, 4.69) is 10.6 Å². The maximum absolute atomic E-state index is 13.1. The second-order valence-electron chi connectivity index (χ2n) is 6.33. The number of piperidine rings is 1. The van der Waals surface area contributed by atoms with Crippen molar-refractivity contribution >= 4 is 0 Å². The van der Waals surface area contributed by atoms with Crippen LogP contribution in [0.1, 0.15) is 31.2 Å². The van der Waals surface area contributed by atoms with E-state index in [4.69, 9.17) is 0 Å². The van der Waals surface area contributed by atoms with Crippen LogP contribution in [0.3, 0.4) is 0 Å². The van der Waals surface area contributed by atoms with Crippen LogP contribution in [-0.2, 0) is 5.41 Å². The molecule has 1 aliphatic heterocycles. The zero-order valence-electron chi connectivity index (χ0n) is 12.0. The lowest BCUT2D eigenvalue weighted by Gasteiger charge is -2.40. The van der Waals surface area contributed by atoms with E-state index in [1.807, 2.05) is 30.3 Å². The van der Waals surface area contributed by atoms with Gasteiger partial charge in [0.25, 0.3) is 0 Å². The number of alkyl halides is 3. The molecule has 1 saturated carbocycles. The van der Waals surface area contributed by atoms with Crippen molar-refractivity contribution in [3.63, 3.8) is 0 Å². The van der Waals surface area contributed by atoms with Crippen molar-refractivity contribution in [3.05, 3.63) is 35.9 Å². The summed E-state index contributed by atoms with van der Waals surface area (Å²) in [6.45, 7) is 2.11. The minimum Gasteiger partial charge on any atom is -0.317 e. The SMILES string of the molecule is FC(F)(F)C1(NCC2(c3ccccc3)CCNCC2)CC1. The Bertz CT molecular complexity index is 474. The lowest BCUT2D eigenvalue weighted by Crippen LogP contribution is -2.53. The van der Waals surface area contributed by atoms with E-state index in [0.717, 1.165) is 31.5 Å². The molecule has 0 amide bonds. The molecule has 116 valence electrons. The molecule has 1 aromatic carbocycles. The summed E-state index contributed by atoms with van der Waals surface area (Å²) >= 11 is 0. The molecule has 1 saturated heterocycles. The van der Waals surface area contributed by atoms with E-state index in [1.54, 1.807) is 0 Å². The van der Waals surface area contributed by atoms with Gasteiger partial charge in [0.1, 0.15) is 5.54 Å². The van der Waals surface area contributed by atoms with Gasteiger partial charge in [-0.3, -0.25) is 0 Å². The Labute approximate surface area is 123 Å². The van der Waals surface area contributed by atoms with Crippen LogP contribution in [0.15, 0.2) is 30.3 Å². The predicted molar refractivity (Wildman–Crippen MR) is 76.2 cm³/mol. The summed E-state index contributed by atoms with van der Waals surface area (Å²) in [7, 11) is 0. The third kappa shape index (κ3) is 2.81. The zero-order valence-corrected chi connectivity index (χ0v) is 12.0. The smallest absolute Gasteiger partial charge is 0.317 e. The van der Waals surface area contributed by atoms with Crippen LogP contribution in [-0.4, -0.2) is 31.3 Å². The van der Waals surface area contributed by atoms with E-state index >= 15 is 0 Å². The van der Waals surface area contributed by atoms with Crippen molar-refractivity contribution in [2.24, 2.45) is 0 Å². The monoisotopic (exact) mass is 298 g/mol. The first kappa shape index (κ1) is 14.9. The highest BCUT2D eigenvalue weighted by Crippen LogP contribution is 2.49. The molecule has 3 rings (SSSR count). The maximum Gasteiger partial charge on any atom is 0.406 e. The van der Waals surface area contributed by atoms with Gasteiger partial charge in [0.05, 0.1) is 0 Å². The van der Waals surface area contributed by atoms with Gasteiger partial charge in [-0.1, -0.05) is 30.3 Å². The van der Waals surface area contributed by atoms with Gasteiger partial charge in [-0.05, 0) is 44.3 Å². The molecule has 2 aliphatic rings. The first-order chi connectivity index (χ1) is 9.98. The molecular weight excluding hydrogens is 277 g/mol. The molecule has 1 aliphatic carbocycles. The number of halogens is 3. The van der Waals surface area contributed by atoms with Gasteiger partial charge in [-0.2, -0.15) is 13.2 Å². The minimum atomic E-state index is -4.14. The Balaban J connectivity index is 1.78. The van der Waals surface area contributed by atoms with E-state index in [9.17, 15) is 13.2 Å². The summed E-state index contributed by atoms with van der Waals surface area (Å²) in [6, 6.07) is 9.97. The van der Waals surface area contributed by atoms with Gasteiger partial charge in [-0.15, -0.1) is 0 Å². The molecule has 2 nitrogen and oxygen atoms in total. The van der Waals surface area contributed by atoms with Crippen molar-refractivity contribution in [2.75, 3.05) is 19.6 Å². The maximum atomic E-state index is 13.1. The Kier molecular flexibility index (Phi) is 3.74. The number of nitrogens with one attached hydrogen (secondary N) is 2. The van der Waals surface area contributed by atoms with Crippen molar-refractivity contribution < 1.29 is 13.2 Å². The molecule has 0 aromatic heterocycles. The highest BCUT2D eigenvalue weighted by atomic mass is 19.4. The van der Waals surface area contributed by atoms with Gasteiger partial charge in [0, 0.05) is 12.0 Å². The van der Waals surface area contributed by atoms with Crippen LogP contribution in [0.2, 0.25) is 0 Å². The number of benzene rings is 1. The van der Waals surface area contributed by atoms with E-state index < -0.39 is 11.7 Å². The van der Waals surface area contributed by atoms with Crippen LogP contribution in [0, 0.1) is 0 Å². The Hall–Kier alpha value is -1.07. The highest BCUT2D eigenvalue weighted by Gasteiger charge is 2.63. The highest BCUT2D eigenvalue weighted by molar-refractivity contribution is 5.27. The summed E-state index contributed by atoms with van der Waals surface area (Å²) in [6.07, 6.45) is -1.98. The van der Waals surface area contributed by atoms with Crippen LogP contribution in [0.5, 0.6) is 0 Å². The molecule has 21 heavy (non-hydrogen) atoms. The zero-order chi connectivity index (χ0) is 15.0. The van der Waals surface area contributed by atoms with Gasteiger partial charge < -0.3 is 10.6 Å². The summed E-state index contributed by atoms with van der Waals surface area (Å²) < 4.78 is 39.3. The number of hydrogen-bond donors (Lipinski definition) is 2. The Morgan fingerprint density at radius 2 is 1.62 bits per heavy atom. The molecule has 0 unspecified atom stereocenters. The number of hydrogen-bond acceptors (Lipinski definition) is 2. The summed E-state index contributed by atoms with van der Waals surface area (Å²) in [5, 5.41) is 6.17. The second kappa shape index (κ2) is 5.29. The topological polar surface area (TPSA) is 24.1 Å². The van der Waals surface area contributed by atoms with Gasteiger partial charge in [0.2, 0.25) is 0 Å². The van der Waals surface area contributed by atoms with Crippen LogP contribution in [0.25, 0.3) is 0 Å². The third-order valence-corrected chi connectivity index (χ3v) is 5.00. The molecule has 0 spiro atoms. The molecule has 5 heteroatoms. The van der Waals surface area contributed by atoms with Crippen LogP contribution >= 0.6 is 0 Å². The fourth-order valence-corrected chi connectivity index (χ4v) is 3.29. The molecule has 2 N–H and O–H groups in total. The lowest BCUT2D eigenvalue weighted by atomic mass is 9.73. The molecular formula is C16H21F3N2. The fraction of sp³-hybridized carbons (Fsp3) is 0.625. The first-order valence-corrected chi connectivity index (χ1v) is 7.56. The van der Waals surface area contributed by atoms with Crippen LogP contribution < -0.4 is 10.6 Å². The fourth-order valence-electron chi connectivity index (χ4n) is 3.29. The molecule has 1 aromatic rings. The normalized spacial score (nSPS) is 23.8. The largest absolute Gasteiger partial charge is 0.406 e. The van der Waals surface area contributed by atoms with Crippen molar-refractivity contribution in [1.29, 1.82) is 0 Å². The molecule has 0 bridgehead atoms. The van der Waals surface area contributed by atoms with Crippen molar-refractivity contribution in [3.8, 4) is 0 Å². The average Bonchev–Trinajstić information content (AvgIpc) is 3.28. The van der Waals surface area contributed by atoms with Crippen molar-refractivity contribution in [2.45, 2.75) is 42.8 Å². The van der Waals surface area contributed by atoms with Crippen LogP contribution in [0.4, 0.5) is 13.2 Å². The van der Waals surface area contributed by atoms with E-state index in [-0.39, 0.29) is 18.3 Å². The summed E-state index contributed by atoms with van der Waals surface area (Å²) in [5.74, 6) is 0. The average molecular weight is 298 g/mol. The Morgan fingerprint density at radius 3 is 2.14 bits per heavy atom. The predicted octanol–water partition coefficient (Wildman–Crippen LogP) is 2.99. The van der Waals surface area contributed by atoms with Gasteiger partial charge in [-0.25, -0.2) is 0 Å². The standard InChI is InChI=1S/C16H21F3N2/c17-16(18,19)15(6-7-15)21-12-14(8-10-20-11-9-14)13-4-2-1-3-5-13/h1-5,20-21H,6-12H2. The van der Waals surface area contributed by atoms with E-state index in [0.29, 0.717) is 6.54 Å². The molecule has 0 atom stereocenters. The minimum absolute atomic E-state index is 0.187. The summed E-state index contributed by atoms with van der Waals surface area (Å²) in [4.78, 5) is 0. The van der Waals surface area contributed by atoms with Gasteiger partial charge >= 0.3 is 6.18 Å². The first-order valence-electron chi connectivity index (χ1n) is 7.56. The number of rotatable bonds is 4. The van der Waals surface area contributed by atoms with Crippen molar-refractivity contribution in [1.82, 2.24) is 10.6 Å². The third-order valence-electron chi connectivity index (χ3n) is 5.00. The van der Waals surface area contributed by atoms with E-state index in [1.165, 1.54) is 0 Å². The Morgan fingerprint density at radius 1 is 1.00 bits per heavy atom. The molecule has 0 radical (unpaired) electrons. The van der Waals surface area contributed by atoms with Gasteiger partial charge in [0.15, 0.2) is 0 Å².